The summed E-state index contributed by atoms with van der Waals surface area (Å²) in [5, 5.41) is 19.4. The number of ketones is 2. The average molecular weight is 420 g/mol. The molecule has 0 aromatic carbocycles. The molecule has 0 spiro atoms. The molecule has 9 heteroatoms. The van der Waals surface area contributed by atoms with Crippen molar-refractivity contribution in [3.63, 3.8) is 0 Å². The summed E-state index contributed by atoms with van der Waals surface area (Å²) in [7, 11) is 0. The zero-order chi connectivity index (χ0) is 21.8. The maximum absolute atomic E-state index is 10.4. The van der Waals surface area contributed by atoms with Gasteiger partial charge in [0.25, 0.3) is 0 Å². The fourth-order valence-electron chi connectivity index (χ4n) is 1.01. The Bertz CT molecular complexity index is 430. The molecule has 0 amide bonds. The van der Waals surface area contributed by atoms with E-state index in [4.69, 9.17) is 6.64 Å². The molecule has 0 aliphatic carbocycles. The van der Waals surface area contributed by atoms with Gasteiger partial charge in [0.1, 0.15) is 11.6 Å². The standard InChI is InChI=1S/2C6H8O3.2C3H7O.Ti/c2*1-2-3-5(7)4-6(8)9;2*1-3(2)4;/h2*2H,1,3-4H2,(H,8,9);2*3H,1-2H3;/q;;2*-1;+4/p-2. The van der Waals surface area contributed by atoms with Crippen LogP contribution in [-0.2, 0) is 45.7 Å². The minimum absolute atomic E-state index is 0.105. The summed E-state index contributed by atoms with van der Waals surface area (Å²) in [6.07, 6.45) is 2.57. The Morgan fingerprint density at radius 2 is 1.11 bits per heavy atom. The van der Waals surface area contributed by atoms with Gasteiger partial charge in [-0.1, -0.05) is 12.2 Å². The summed E-state index contributed by atoms with van der Waals surface area (Å²) in [6.45, 7) is 14.6. The number of hydrogen-bond acceptors (Lipinski definition) is 8. The normalized spacial score (nSPS) is 9.11. The Balaban J connectivity index is -0.000000320. The molecule has 0 N–H and O–H groups in total. The monoisotopic (exact) mass is 420 g/mol. The second-order valence-corrected chi connectivity index (χ2v) is 6.57. The number of allylic oxidation sites excluding steroid dienone is 2. The van der Waals surface area contributed by atoms with E-state index in [1.54, 1.807) is 0 Å². The molecule has 0 aliphatic rings. The molecule has 27 heavy (non-hydrogen) atoms. The van der Waals surface area contributed by atoms with Crippen LogP contribution in [0.1, 0.15) is 53.4 Å². The molecule has 0 radical (unpaired) electrons. The number of carboxylic acid groups (broad SMARTS) is 2. The van der Waals surface area contributed by atoms with E-state index < -0.39 is 44.7 Å². The van der Waals surface area contributed by atoms with Crippen LogP contribution in [0.25, 0.3) is 0 Å². The van der Waals surface area contributed by atoms with Crippen molar-refractivity contribution in [1.29, 1.82) is 0 Å². The molecule has 0 heterocycles. The van der Waals surface area contributed by atoms with E-state index in [0.717, 1.165) is 0 Å². The van der Waals surface area contributed by atoms with Gasteiger partial charge in [-0.15, -0.1) is 13.2 Å². The van der Waals surface area contributed by atoms with Gasteiger partial charge in [0.15, 0.2) is 0 Å². The summed E-state index contributed by atoms with van der Waals surface area (Å²) >= 11 is -0.574. The van der Waals surface area contributed by atoms with Crippen LogP contribution in [-0.4, -0.2) is 35.7 Å². The van der Waals surface area contributed by atoms with Crippen LogP contribution >= 0.6 is 0 Å². The van der Waals surface area contributed by atoms with Gasteiger partial charge in [0.05, 0.1) is 0 Å². The van der Waals surface area contributed by atoms with Gasteiger partial charge in [-0.3, -0.25) is 9.59 Å². The van der Waals surface area contributed by atoms with Gasteiger partial charge in [-0.25, -0.2) is 0 Å². The first-order valence-electron chi connectivity index (χ1n) is 8.17. The molecule has 0 aromatic rings. The van der Waals surface area contributed by atoms with Crippen LogP contribution in [0.3, 0.4) is 0 Å². The van der Waals surface area contributed by atoms with E-state index in [-0.39, 0.29) is 24.4 Å². The van der Waals surface area contributed by atoms with Crippen molar-refractivity contribution in [2.24, 2.45) is 0 Å². The predicted octanol–water partition coefficient (Wildman–Crippen LogP) is 0.292. The second-order valence-electron chi connectivity index (χ2n) is 5.58. The topological polar surface area (TPSA) is 133 Å². The molecule has 0 saturated carbocycles. The van der Waals surface area contributed by atoms with E-state index in [2.05, 4.69) is 13.2 Å². The van der Waals surface area contributed by atoms with Crippen LogP contribution in [0.2, 0.25) is 0 Å². The van der Waals surface area contributed by atoms with E-state index in [1.165, 1.54) is 12.2 Å². The number of carboxylic acids is 2. The van der Waals surface area contributed by atoms with Gasteiger partial charge < -0.3 is 19.8 Å². The first-order chi connectivity index (χ1) is 12.5. The summed E-state index contributed by atoms with van der Waals surface area (Å²) in [5.74, 6) is -3.40. The van der Waals surface area contributed by atoms with Crippen molar-refractivity contribution in [1.82, 2.24) is 0 Å². The summed E-state index contributed by atoms with van der Waals surface area (Å²) in [6, 6.07) is 0. The third-order valence-electron chi connectivity index (χ3n) is 1.99. The zero-order valence-electron chi connectivity index (χ0n) is 16.3. The van der Waals surface area contributed by atoms with Crippen LogP contribution in [0.5, 0.6) is 0 Å². The molecular weight excluding hydrogens is 392 g/mol. The van der Waals surface area contributed by atoms with Gasteiger partial charge in [-0.2, -0.15) is 0 Å². The summed E-state index contributed by atoms with van der Waals surface area (Å²) in [5.41, 5.74) is 0. The minimum atomic E-state index is -1.33. The fraction of sp³-hybridized carbons (Fsp3) is 0.556. The first-order valence-corrected chi connectivity index (χ1v) is 9.44. The Kier molecular flexibility index (Phi) is 23.1. The third-order valence-corrected chi connectivity index (χ3v) is 3.77. The third kappa shape index (κ3) is 36.2. The molecule has 0 rings (SSSR count). The fourth-order valence-corrected chi connectivity index (χ4v) is 1.70. The van der Waals surface area contributed by atoms with Gasteiger partial charge in [0.2, 0.25) is 0 Å². The quantitative estimate of drug-likeness (QED) is 0.250. The molecule has 8 nitrogen and oxygen atoms in total. The van der Waals surface area contributed by atoms with Crippen molar-refractivity contribution < 1.29 is 56.0 Å². The number of Topliss-reactive ketones (excluding diaryl/α,β-unsaturated/α-hetero) is 2. The second kappa shape index (κ2) is 20.7. The van der Waals surface area contributed by atoms with Crippen molar-refractivity contribution in [3.8, 4) is 0 Å². The molecule has 0 saturated heterocycles. The van der Waals surface area contributed by atoms with Crippen molar-refractivity contribution >= 4 is 23.5 Å². The SMILES string of the molecule is C=CCC(=O)CC(=O)[O-].C=CCC(=O)CC(=O)[O-].CC(C)[O][Ti+2][O]C(C)C. The van der Waals surface area contributed by atoms with E-state index in [9.17, 15) is 29.4 Å². The number of rotatable bonds is 12. The van der Waals surface area contributed by atoms with E-state index in [0.29, 0.717) is 12.2 Å². The van der Waals surface area contributed by atoms with Gasteiger partial charge >= 0.3 is 66.5 Å². The van der Waals surface area contributed by atoms with Crippen LogP contribution in [0, 0.1) is 0 Å². The van der Waals surface area contributed by atoms with Crippen molar-refractivity contribution in [3.05, 3.63) is 25.3 Å². The molecule has 0 aromatic heterocycles. The molecule has 0 aliphatic heterocycles. The van der Waals surface area contributed by atoms with Gasteiger partial charge in [0, 0.05) is 37.6 Å². The number of hydrogen-bond donors (Lipinski definition) is 0. The molecule has 0 bridgehead atoms. The maximum atomic E-state index is 10.4. The first kappa shape index (κ1) is 30.1. The number of aliphatic carboxylic acids is 2. The Labute approximate surface area is 170 Å². The molecule has 0 unspecified atom stereocenters. The average Bonchev–Trinajstić information content (AvgIpc) is 2.46. The summed E-state index contributed by atoms with van der Waals surface area (Å²) in [4.78, 5) is 40.2. The molecule has 0 fully saturated rings. The Morgan fingerprint density at radius 3 is 1.30 bits per heavy atom. The van der Waals surface area contributed by atoms with Crippen molar-refractivity contribution in [2.75, 3.05) is 0 Å². The summed E-state index contributed by atoms with van der Waals surface area (Å²) < 4.78 is 10.5. The van der Waals surface area contributed by atoms with E-state index >= 15 is 0 Å². The predicted molar refractivity (Wildman–Crippen MR) is 91.3 cm³/mol. The van der Waals surface area contributed by atoms with E-state index in [1.807, 2.05) is 27.7 Å². The van der Waals surface area contributed by atoms with Gasteiger partial charge in [-0.05, 0) is 0 Å². The van der Waals surface area contributed by atoms with Crippen LogP contribution < -0.4 is 10.2 Å². The zero-order valence-corrected chi connectivity index (χ0v) is 17.9. The Hall–Kier alpha value is -1.61. The molecular formula is C18H28O8Ti. The molecule has 0 atom stereocenters. The van der Waals surface area contributed by atoms with Crippen LogP contribution in [0.4, 0.5) is 0 Å². The Morgan fingerprint density at radius 1 is 0.815 bits per heavy atom. The van der Waals surface area contributed by atoms with Crippen molar-refractivity contribution in [2.45, 2.75) is 65.6 Å². The number of carbonyl (C=O) groups excluding carboxylic acids is 4. The van der Waals surface area contributed by atoms with Crippen LogP contribution in [0.15, 0.2) is 25.3 Å². The molecule has 152 valence electrons. The number of carbonyl (C=O) groups is 4.